The molecule has 3 atom stereocenters. The third kappa shape index (κ3) is 3.07. The second kappa shape index (κ2) is 5.78. The topological polar surface area (TPSA) is 49.5 Å². The van der Waals surface area contributed by atoms with Gasteiger partial charge in [0.25, 0.3) is 0 Å². The first-order chi connectivity index (χ1) is 8.58. The molecule has 18 heavy (non-hydrogen) atoms. The minimum absolute atomic E-state index is 0.0422. The van der Waals surface area contributed by atoms with E-state index in [9.17, 15) is 9.50 Å². The first-order valence-corrected chi connectivity index (χ1v) is 6.51. The maximum Gasteiger partial charge on any atom is 0.123 e. The molecule has 0 aliphatic carbocycles. The molecule has 0 radical (unpaired) electrons. The van der Waals surface area contributed by atoms with Crippen LogP contribution in [0.3, 0.4) is 0 Å². The van der Waals surface area contributed by atoms with E-state index in [4.69, 9.17) is 5.73 Å². The quantitative estimate of drug-likeness (QED) is 0.860. The van der Waals surface area contributed by atoms with Crippen LogP contribution in [0.15, 0.2) is 24.3 Å². The number of nitrogens with zero attached hydrogens (tertiary/aromatic N) is 1. The van der Waals surface area contributed by atoms with Crippen LogP contribution in [0.25, 0.3) is 0 Å². The Morgan fingerprint density at radius 2 is 2.06 bits per heavy atom. The molecule has 0 spiro atoms. The molecule has 1 aromatic rings. The van der Waals surface area contributed by atoms with E-state index < -0.39 is 0 Å². The Hall–Kier alpha value is -0.970. The van der Waals surface area contributed by atoms with Crippen LogP contribution < -0.4 is 5.73 Å². The van der Waals surface area contributed by atoms with Crippen molar-refractivity contribution in [1.82, 2.24) is 4.90 Å². The lowest BCUT2D eigenvalue weighted by molar-refractivity contribution is 0.0404. The molecule has 1 aliphatic heterocycles. The highest BCUT2D eigenvalue weighted by atomic mass is 19.1. The van der Waals surface area contributed by atoms with Crippen LogP contribution in [-0.4, -0.2) is 35.2 Å². The number of halogens is 1. The number of benzene rings is 1. The number of nitrogens with two attached hydrogens (primary N) is 1. The smallest absolute Gasteiger partial charge is 0.123 e. The highest BCUT2D eigenvalue weighted by Gasteiger charge is 2.28. The molecule has 1 heterocycles. The van der Waals surface area contributed by atoms with Crippen molar-refractivity contribution in [2.75, 3.05) is 13.1 Å². The van der Waals surface area contributed by atoms with Gasteiger partial charge in [-0.05, 0) is 44.0 Å². The predicted molar refractivity (Wildman–Crippen MR) is 69.6 cm³/mol. The lowest BCUT2D eigenvalue weighted by Crippen LogP contribution is -2.46. The van der Waals surface area contributed by atoms with Crippen LogP contribution in [0.5, 0.6) is 0 Å². The molecule has 1 saturated heterocycles. The first kappa shape index (κ1) is 13.5. The summed E-state index contributed by atoms with van der Waals surface area (Å²) in [6, 6.07) is 6.48. The molecule has 0 bridgehead atoms. The molecule has 0 amide bonds. The molecule has 100 valence electrons. The largest absolute Gasteiger partial charge is 0.392 e. The van der Waals surface area contributed by atoms with Crippen molar-refractivity contribution in [2.24, 2.45) is 5.73 Å². The average Bonchev–Trinajstić information content (AvgIpc) is 2.32. The maximum absolute atomic E-state index is 13.0. The molecule has 1 aliphatic rings. The van der Waals surface area contributed by atoms with Gasteiger partial charge in [-0.1, -0.05) is 12.1 Å². The van der Waals surface area contributed by atoms with Crippen LogP contribution in [-0.2, 0) is 0 Å². The molecule has 3 nitrogen and oxygen atoms in total. The number of hydrogen-bond donors (Lipinski definition) is 2. The van der Waals surface area contributed by atoms with Gasteiger partial charge in [0.05, 0.1) is 6.10 Å². The van der Waals surface area contributed by atoms with Gasteiger partial charge >= 0.3 is 0 Å². The number of rotatable bonds is 3. The van der Waals surface area contributed by atoms with Gasteiger partial charge in [-0.3, -0.25) is 4.90 Å². The number of aliphatic hydroxyl groups is 1. The molecule has 1 fully saturated rings. The molecule has 0 aromatic heterocycles. The van der Waals surface area contributed by atoms with Crippen LogP contribution in [0, 0.1) is 5.82 Å². The number of hydrogen-bond acceptors (Lipinski definition) is 3. The van der Waals surface area contributed by atoms with E-state index in [2.05, 4.69) is 4.90 Å². The highest BCUT2D eigenvalue weighted by Crippen LogP contribution is 2.27. The van der Waals surface area contributed by atoms with Gasteiger partial charge in [-0.2, -0.15) is 0 Å². The Morgan fingerprint density at radius 3 is 2.61 bits per heavy atom. The zero-order valence-corrected chi connectivity index (χ0v) is 10.7. The summed E-state index contributed by atoms with van der Waals surface area (Å²) in [4.78, 5) is 2.20. The van der Waals surface area contributed by atoms with E-state index in [-0.39, 0.29) is 24.0 Å². The van der Waals surface area contributed by atoms with Gasteiger partial charge in [0.1, 0.15) is 5.82 Å². The summed E-state index contributed by atoms with van der Waals surface area (Å²) in [6.07, 6.45) is 1.55. The number of piperidine rings is 1. The van der Waals surface area contributed by atoms with Crippen LogP contribution in [0.4, 0.5) is 4.39 Å². The summed E-state index contributed by atoms with van der Waals surface area (Å²) < 4.78 is 13.0. The van der Waals surface area contributed by atoms with E-state index in [1.165, 1.54) is 12.1 Å². The number of aliphatic hydroxyl groups excluding tert-OH is 1. The zero-order chi connectivity index (χ0) is 13.1. The van der Waals surface area contributed by atoms with Crippen molar-refractivity contribution in [1.29, 1.82) is 0 Å². The molecule has 3 unspecified atom stereocenters. The fourth-order valence-corrected chi connectivity index (χ4v) is 2.74. The molecular weight excluding hydrogens is 231 g/mol. The van der Waals surface area contributed by atoms with E-state index in [1.54, 1.807) is 12.1 Å². The van der Waals surface area contributed by atoms with Gasteiger partial charge in [0, 0.05) is 18.6 Å². The van der Waals surface area contributed by atoms with Gasteiger partial charge in [0.15, 0.2) is 0 Å². The Bertz CT molecular complexity index is 380. The fraction of sp³-hybridized carbons (Fsp3) is 0.571. The average molecular weight is 252 g/mol. The van der Waals surface area contributed by atoms with Crippen molar-refractivity contribution >= 4 is 0 Å². The van der Waals surface area contributed by atoms with E-state index in [0.717, 1.165) is 24.9 Å². The van der Waals surface area contributed by atoms with Crippen molar-refractivity contribution in [3.05, 3.63) is 35.6 Å². The normalized spacial score (nSPS) is 24.8. The van der Waals surface area contributed by atoms with Crippen LogP contribution >= 0.6 is 0 Å². The first-order valence-electron chi connectivity index (χ1n) is 6.51. The minimum atomic E-state index is -0.277. The Morgan fingerprint density at radius 1 is 1.39 bits per heavy atom. The lowest BCUT2D eigenvalue weighted by atomic mass is 9.96. The monoisotopic (exact) mass is 252 g/mol. The zero-order valence-electron chi connectivity index (χ0n) is 10.7. The van der Waals surface area contributed by atoms with Gasteiger partial charge in [-0.25, -0.2) is 4.39 Å². The van der Waals surface area contributed by atoms with E-state index in [1.807, 2.05) is 6.92 Å². The fourth-order valence-electron chi connectivity index (χ4n) is 2.74. The second-order valence-corrected chi connectivity index (χ2v) is 5.15. The maximum atomic E-state index is 13.0. The third-order valence-corrected chi connectivity index (χ3v) is 3.53. The van der Waals surface area contributed by atoms with Crippen molar-refractivity contribution in [3.8, 4) is 0 Å². The number of β-amino-alcohol motifs (C(OH)–C–C–N with tert-alkyl or cyclic N) is 1. The third-order valence-electron chi connectivity index (χ3n) is 3.53. The molecule has 0 saturated carbocycles. The Labute approximate surface area is 107 Å². The van der Waals surface area contributed by atoms with Gasteiger partial charge in [0.2, 0.25) is 0 Å². The summed E-state index contributed by atoms with van der Waals surface area (Å²) in [5.74, 6) is -0.235. The summed E-state index contributed by atoms with van der Waals surface area (Å²) in [5.41, 5.74) is 7.08. The Kier molecular flexibility index (Phi) is 4.32. The standard InChI is InChI=1S/C14H21FN2O/c1-10(16)14(11-4-6-12(15)7-5-11)17-8-2-3-13(18)9-17/h4-7,10,13-14,18H,2-3,8-9,16H2,1H3. The molecule has 1 aromatic carbocycles. The summed E-state index contributed by atoms with van der Waals surface area (Å²) in [5, 5.41) is 9.76. The summed E-state index contributed by atoms with van der Waals surface area (Å²) >= 11 is 0. The van der Waals surface area contributed by atoms with Gasteiger partial charge in [-0.15, -0.1) is 0 Å². The lowest BCUT2D eigenvalue weighted by Gasteiger charge is -2.38. The van der Waals surface area contributed by atoms with E-state index in [0.29, 0.717) is 6.54 Å². The molecule has 2 rings (SSSR count). The molecule has 4 heteroatoms. The summed E-state index contributed by atoms with van der Waals surface area (Å²) in [6.45, 7) is 3.53. The predicted octanol–water partition coefficient (Wildman–Crippen LogP) is 1.67. The van der Waals surface area contributed by atoms with Crippen molar-refractivity contribution in [3.63, 3.8) is 0 Å². The van der Waals surface area contributed by atoms with Gasteiger partial charge < -0.3 is 10.8 Å². The second-order valence-electron chi connectivity index (χ2n) is 5.15. The number of likely N-dealkylation sites (tertiary alicyclic amines) is 1. The SMILES string of the molecule is CC(N)C(c1ccc(F)cc1)N1CCCC(O)C1. The highest BCUT2D eigenvalue weighted by molar-refractivity contribution is 5.21. The Balaban J connectivity index is 2.19. The van der Waals surface area contributed by atoms with Crippen molar-refractivity contribution in [2.45, 2.75) is 38.0 Å². The van der Waals surface area contributed by atoms with Crippen molar-refractivity contribution < 1.29 is 9.50 Å². The summed E-state index contributed by atoms with van der Waals surface area (Å²) in [7, 11) is 0. The minimum Gasteiger partial charge on any atom is -0.392 e. The molecular formula is C14H21FN2O. The van der Waals surface area contributed by atoms with E-state index >= 15 is 0 Å². The molecule has 3 N–H and O–H groups in total. The van der Waals surface area contributed by atoms with Crippen LogP contribution in [0.1, 0.15) is 31.4 Å². The van der Waals surface area contributed by atoms with Crippen LogP contribution in [0.2, 0.25) is 0 Å².